The van der Waals surface area contributed by atoms with E-state index in [9.17, 15) is 8.42 Å². The molecule has 0 saturated heterocycles. The summed E-state index contributed by atoms with van der Waals surface area (Å²) in [6, 6.07) is 1.94. The van der Waals surface area contributed by atoms with Crippen LogP contribution in [0.4, 0.5) is 0 Å². The molecule has 7 nitrogen and oxygen atoms in total. The first-order valence-electron chi connectivity index (χ1n) is 5.76. The third kappa shape index (κ3) is 2.54. The standard InChI is InChI=1S/C11H17N5O2S/c1-7-5-10(15(4)13-7)6-16-9(3)11(8(2)14-16)19(12,17)18/h5H,6H2,1-4H3,(H2,12,17,18). The molecule has 0 unspecified atom stereocenters. The fourth-order valence-corrected chi connectivity index (χ4v) is 3.18. The first kappa shape index (κ1) is 13.8. The quantitative estimate of drug-likeness (QED) is 0.872. The second-order valence-corrected chi connectivity index (χ2v) is 6.10. The lowest BCUT2D eigenvalue weighted by Gasteiger charge is -2.05. The number of rotatable bonds is 3. The van der Waals surface area contributed by atoms with Crippen LogP contribution in [0, 0.1) is 20.8 Å². The maximum atomic E-state index is 11.5. The van der Waals surface area contributed by atoms with Crippen molar-refractivity contribution in [3.8, 4) is 0 Å². The molecule has 0 spiro atoms. The first-order valence-corrected chi connectivity index (χ1v) is 7.31. The van der Waals surface area contributed by atoms with Gasteiger partial charge in [0.05, 0.1) is 29.3 Å². The molecule has 2 aromatic rings. The van der Waals surface area contributed by atoms with E-state index < -0.39 is 10.0 Å². The number of hydrogen-bond donors (Lipinski definition) is 1. The number of sulfonamides is 1. The molecule has 0 atom stereocenters. The van der Waals surface area contributed by atoms with Crippen LogP contribution in [0.15, 0.2) is 11.0 Å². The van der Waals surface area contributed by atoms with Gasteiger partial charge in [-0.3, -0.25) is 9.36 Å². The number of primary sulfonamides is 1. The van der Waals surface area contributed by atoms with Gasteiger partial charge >= 0.3 is 0 Å². The van der Waals surface area contributed by atoms with E-state index in [1.54, 1.807) is 23.2 Å². The zero-order chi connectivity index (χ0) is 14.4. The van der Waals surface area contributed by atoms with Crippen molar-refractivity contribution in [1.29, 1.82) is 0 Å². The topological polar surface area (TPSA) is 95.8 Å². The SMILES string of the molecule is Cc1cc(Cn2nc(C)c(S(N)(=O)=O)c2C)n(C)n1. The summed E-state index contributed by atoms with van der Waals surface area (Å²) in [5.41, 5.74) is 2.81. The zero-order valence-electron chi connectivity index (χ0n) is 11.4. The summed E-state index contributed by atoms with van der Waals surface area (Å²) in [5, 5.41) is 13.7. The van der Waals surface area contributed by atoms with Crippen LogP contribution in [0.3, 0.4) is 0 Å². The molecule has 0 radical (unpaired) electrons. The van der Waals surface area contributed by atoms with Gasteiger partial charge in [-0.15, -0.1) is 0 Å². The highest BCUT2D eigenvalue weighted by atomic mass is 32.2. The molecule has 2 rings (SSSR count). The maximum absolute atomic E-state index is 11.5. The van der Waals surface area contributed by atoms with Gasteiger partial charge in [-0.25, -0.2) is 13.6 Å². The normalized spacial score (nSPS) is 12.1. The van der Waals surface area contributed by atoms with Gasteiger partial charge in [-0.05, 0) is 26.8 Å². The summed E-state index contributed by atoms with van der Waals surface area (Å²) >= 11 is 0. The second-order valence-electron chi connectivity index (χ2n) is 4.60. The Labute approximate surface area is 112 Å². The average Bonchev–Trinajstić information content (AvgIpc) is 2.67. The molecular weight excluding hydrogens is 266 g/mol. The van der Waals surface area contributed by atoms with Crippen LogP contribution < -0.4 is 5.14 Å². The van der Waals surface area contributed by atoms with Crippen LogP contribution in [0.1, 0.15) is 22.8 Å². The van der Waals surface area contributed by atoms with Gasteiger partial charge in [0.1, 0.15) is 4.90 Å². The molecule has 2 aromatic heterocycles. The molecule has 8 heteroatoms. The lowest BCUT2D eigenvalue weighted by molar-refractivity contribution is 0.592. The highest BCUT2D eigenvalue weighted by Gasteiger charge is 2.21. The number of hydrogen-bond acceptors (Lipinski definition) is 4. The summed E-state index contributed by atoms with van der Waals surface area (Å²) in [5.74, 6) is 0. The van der Waals surface area contributed by atoms with E-state index in [2.05, 4.69) is 10.2 Å². The first-order chi connectivity index (χ1) is 8.70. The van der Waals surface area contributed by atoms with E-state index in [0.29, 0.717) is 17.9 Å². The summed E-state index contributed by atoms with van der Waals surface area (Å²) in [6.45, 7) is 5.70. The van der Waals surface area contributed by atoms with E-state index in [1.807, 2.05) is 20.0 Å². The minimum absolute atomic E-state index is 0.103. The van der Waals surface area contributed by atoms with E-state index in [0.717, 1.165) is 11.4 Å². The van der Waals surface area contributed by atoms with Gasteiger partial charge in [0.15, 0.2) is 0 Å². The van der Waals surface area contributed by atoms with Crippen LogP contribution in [0.25, 0.3) is 0 Å². The van der Waals surface area contributed by atoms with Crippen molar-refractivity contribution in [2.75, 3.05) is 0 Å². The fraction of sp³-hybridized carbons (Fsp3) is 0.455. The van der Waals surface area contributed by atoms with Crippen molar-refractivity contribution in [2.45, 2.75) is 32.2 Å². The Kier molecular flexibility index (Phi) is 3.23. The second kappa shape index (κ2) is 4.46. The molecule has 0 amide bonds. The lowest BCUT2D eigenvalue weighted by atomic mass is 10.3. The molecule has 0 aliphatic heterocycles. The molecule has 0 aliphatic rings. The third-order valence-corrected chi connectivity index (χ3v) is 4.17. The van der Waals surface area contributed by atoms with Crippen molar-refractivity contribution in [3.05, 3.63) is 28.8 Å². The molecule has 19 heavy (non-hydrogen) atoms. The van der Waals surface area contributed by atoms with E-state index >= 15 is 0 Å². The average molecular weight is 283 g/mol. The minimum Gasteiger partial charge on any atom is -0.270 e. The van der Waals surface area contributed by atoms with Crippen molar-refractivity contribution in [1.82, 2.24) is 19.6 Å². The smallest absolute Gasteiger partial charge is 0.241 e. The predicted molar refractivity (Wildman–Crippen MR) is 70.1 cm³/mol. The van der Waals surface area contributed by atoms with Crippen molar-refractivity contribution < 1.29 is 8.42 Å². The molecule has 104 valence electrons. The van der Waals surface area contributed by atoms with E-state index in [1.165, 1.54) is 0 Å². The van der Waals surface area contributed by atoms with Crippen LogP contribution in [0.2, 0.25) is 0 Å². The van der Waals surface area contributed by atoms with Gasteiger partial charge in [-0.1, -0.05) is 0 Å². The van der Waals surface area contributed by atoms with Gasteiger partial charge in [-0.2, -0.15) is 10.2 Å². The Hall–Kier alpha value is -1.67. The number of nitrogens with two attached hydrogens (primary N) is 1. The number of aryl methyl sites for hydroxylation is 3. The molecular formula is C11H17N5O2S. The third-order valence-electron chi connectivity index (χ3n) is 3.01. The van der Waals surface area contributed by atoms with Crippen LogP contribution in [0.5, 0.6) is 0 Å². The zero-order valence-corrected chi connectivity index (χ0v) is 12.2. The van der Waals surface area contributed by atoms with Crippen molar-refractivity contribution >= 4 is 10.0 Å². The van der Waals surface area contributed by atoms with Crippen LogP contribution >= 0.6 is 0 Å². The molecule has 0 aliphatic carbocycles. The van der Waals surface area contributed by atoms with Crippen molar-refractivity contribution in [2.24, 2.45) is 12.2 Å². The summed E-state index contributed by atoms with van der Waals surface area (Å²) in [7, 11) is -1.90. The van der Waals surface area contributed by atoms with Gasteiger partial charge < -0.3 is 0 Å². The summed E-state index contributed by atoms with van der Waals surface area (Å²) < 4.78 is 26.4. The van der Waals surface area contributed by atoms with Crippen LogP contribution in [-0.4, -0.2) is 28.0 Å². The largest absolute Gasteiger partial charge is 0.270 e. The number of nitrogens with zero attached hydrogens (tertiary/aromatic N) is 4. The summed E-state index contributed by atoms with van der Waals surface area (Å²) in [4.78, 5) is 0.103. The Balaban J connectivity index is 2.46. The molecule has 2 N–H and O–H groups in total. The fourth-order valence-electron chi connectivity index (χ4n) is 2.21. The number of aromatic nitrogens is 4. The monoisotopic (exact) mass is 283 g/mol. The van der Waals surface area contributed by atoms with Gasteiger partial charge in [0, 0.05) is 7.05 Å². The molecule has 0 aromatic carbocycles. The highest BCUT2D eigenvalue weighted by molar-refractivity contribution is 7.89. The lowest BCUT2D eigenvalue weighted by Crippen LogP contribution is -2.15. The summed E-state index contributed by atoms with van der Waals surface area (Å²) in [6.07, 6.45) is 0. The highest BCUT2D eigenvalue weighted by Crippen LogP contribution is 2.18. The van der Waals surface area contributed by atoms with E-state index in [4.69, 9.17) is 5.14 Å². The Morgan fingerprint density at radius 2 is 1.89 bits per heavy atom. The molecule has 0 bridgehead atoms. The van der Waals surface area contributed by atoms with Gasteiger partial charge in [0.25, 0.3) is 0 Å². The van der Waals surface area contributed by atoms with Crippen molar-refractivity contribution in [3.63, 3.8) is 0 Å². The Morgan fingerprint density at radius 1 is 1.26 bits per heavy atom. The molecule has 0 fully saturated rings. The predicted octanol–water partition coefficient (Wildman–Crippen LogP) is 0.238. The molecule has 0 saturated carbocycles. The molecule has 2 heterocycles. The maximum Gasteiger partial charge on any atom is 0.241 e. The Bertz CT molecular complexity index is 727. The Morgan fingerprint density at radius 3 is 2.32 bits per heavy atom. The van der Waals surface area contributed by atoms with Gasteiger partial charge in [0.2, 0.25) is 10.0 Å². The van der Waals surface area contributed by atoms with E-state index in [-0.39, 0.29) is 4.90 Å². The minimum atomic E-state index is -3.75. The van der Waals surface area contributed by atoms with Crippen LogP contribution in [-0.2, 0) is 23.6 Å².